The molecule has 4 heteroatoms. The fraction of sp³-hybridized carbons (Fsp3) is 0.500. The molecular formula is C14H19BrO3. The van der Waals surface area contributed by atoms with Gasteiger partial charge in [-0.15, -0.1) is 0 Å². The molecule has 0 fully saturated rings. The van der Waals surface area contributed by atoms with Crippen LogP contribution in [0.15, 0.2) is 24.3 Å². The van der Waals surface area contributed by atoms with Crippen LogP contribution >= 0.6 is 15.9 Å². The van der Waals surface area contributed by atoms with Crippen LogP contribution in [0.1, 0.15) is 37.0 Å². The van der Waals surface area contributed by atoms with Crippen molar-refractivity contribution in [1.82, 2.24) is 0 Å². The van der Waals surface area contributed by atoms with E-state index >= 15 is 0 Å². The molecule has 0 amide bonds. The summed E-state index contributed by atoms with van der Waals surface area (Å²) in [5.41, 5.74) is 0.648. The second-order valence-electron chi connectivity index (χ2n) is 4.24. The summed E-state index contributed by atoms with van der Waals surface area (Å²) in [4.78, 5) is 10.5. The second-order valence-corrected chi connectivity index (χ2v) is 5.91. The van der Waals surface area contributed by atoms with Crippen LogP contribution in [0.2, 0.25) is 0 Å². The van der Waals surface area contributed by atoms with Gasteiger partial charge in [-0.05, 0) is 37.6 Å². The number of carbonyl (C=O) groups excluding carboxylic acids is 1. The lowest BCUT2D eigenvalue weighted by molar-refractivity contribution is 0.0206. The van der Waals surface area contributed by atoms with Crippen molar-refractivity contribution in [3.8, 4) is 5.75 Å². The zero-order valence-corrected chi connectivity index (χ0v) is 12.4. The molecule has 3 nitrogen and oxygen atoms in total. The highest BCUT2D eigenvalue weighted by molar-refractivity contribution is 9.10. The lowest BCUT2D eigenvalue weighted by atomic mass is 10.2. The minimum Gasteiger partial charge on any atom is -0.491 e. The smallest absolute Gasteiger partial charge is 0.150 e. The van der Waals surface area contributed by atoms with Crippen molar-refractivity contribution in [3.05, 3.63) is 29.8 Å². The highest BCUT2D eigenvalue weighted by Gasteiger charge is 2.18. The van der Waals surface area contributed by atoms with Gasteiger partial charge < -0.3 is 9.47 Å². The molecule has 0 saturated carbocycles. The molecule has 0 heterocycles. The average Bonchev–Trinajstić information content (AvgIpc) is 2.35. The Bertz CT molecular complexity index is 360. The SMILES string of the molecule is CCCC(C)(Br)OCCOc1ccc(C=O)cc1. The maximum absolute atomic E-state index is 10.5. The minimum atomic E-state index is -0.271. The van der Waals surface area contributed by atoms with E-state index < -0.39 is 0 Å². The maximum Gasteiger partial charge on any atom is 0.150 e. The number of alkyl halides is 1. The van der Waals surface area contributed by atoms with E-state index in [-0.39, 0.29) is 4.51 Å². The fourth-order valence-corrected chi connectivity index (χ4v) is 2.13. The topological polar surface area (TPSA) is 35.5 Å². The molecule has 0 saturated heterocycles. The van der Waals surface area contributed by atoms with Crippen molar-refractivity contribution >= 4 is 22.2 Å². The summed E-state index contributed by atoms with van der Waals surface area (Å²) in [6.45, 7) is 5.14. The maximum atomic E-state index is 10.5. The van der Waals surface area contributed by atoms with Crippen molar-refractivity contribution in [2.75, 3.05) is 13.2 Å². The van der Waals surface area contributed by atoms with E-state index in [0.717, 1.165) is 24.9 Å². The van der Waals surface area contributed by atoms with Gasteiger partial charge in [-0.1, -0.05) is 29.3 Å². The van der Waals surface area contributed by atoms with Crippen molar-refractivity contribution in [2.24, 2.45) is 0 Å². The summed E-state index contributed by atoms with van der Waals surface area (Å²) in [7, 11) is 0. The molecular weight excluding hydrogens is 296 g/mol. The third-order valence-electron chi connectivity index (χ3n) is 2.47. The molecule has 0 N–H and O–H groups in total. The van der Waals surface area contributed by atoms with Gasteiger partial charge in [-0.3, -0.25) is 4.79 Å². The Morgan fingerprint density at radius 3 is 2.50 bits per heavy atom. The van der Waals surface area contributed by atoms with E-state index in [2.05, 4.69) is 22.9 Å². The molecule has 1 unspecified atom stereocenters. The standard InChI is InChI=1S/C14H19BrO3/c1-3-8-14(2,15)18-10-9-17-13-6-4-12(11-16)5-7-13/h4-7,11H,3,8-10H2,1-2H3. The molecule has 1 rings (SSSR count). The average molecular weight is 315 g/mol. The van der Waals surface area contributed by atoms with Gasteiger partial charge in [0.2, 0.25) is 0 Å². The Balaban J connectivity index is 2.27. The molecule has 0 aromatic heterocycles. The van der Waals surface area contributed by atoms with E-state index in [0.29, 0.717) is 18.8 Å². The van der Waals surface area contributed by atoms with E-state index in [1.807, 2.05) is 6.92 Å². The van der Waals surface area contributed by atoms with Gasteiger partial charge in [0.25, 0.3) is 0 Å². The number of hydrogen-bond acceptors (Lipinski definition) is 3. The largest absolute Gasteiger partial charge is 0.491 e. The van der Waals surface area contributed by atoms with Gasteiger partial charge in [-0.25, -0.2) is 0 Å². The van der Waals surface area contributed by atoms with Crippen LogP contribution in [-0.4, -0.2) is 24.0 Å². The molecule has 0 radical (unpaired) electrons. The minimum absolute atomic E-state index is 0.271. The molecule has 1 aromatic carbocycles. The molecule has 0 spiro atoms. The monoisotopic (exact) mass is 314 g/mol. The predicted molar refractivity (Wildman–Crippen MR) is 75.5 cm³/mol. The fourth-order valence-electron chi connectivity index (χ4n) is 1.58. The van der Waals surface area contributed by atoms with E-state index in [1.54, 1.807) is 24.3 Å². The number of carbonyl (C=O) groups is 1. The third kappa shape index (κ3) is 5.65. The Hall–Kier alpha value is -0.870. The number of hydrogen-bond donors (Lipinski definition) is 0. The quantitative estimate of drug-likeness (QED) is 0.416. The van der Waals surface area contributed by atoms with Gasteiger partial charge in [0.15, 0.2) is 0 Å². The van der Waals surface area contributed by atoms with Crippen LogP contribution in [0, 0.1) is 0 Å². The van der Waals surface area contributed by atoms with Gasteiger partial charge in [0.1, 0.15) is 23.2 Å². The van der Waals surface area contributed by atoms with Crippen molar-refractivity contribution < 1.29 is 14.3 Å². The van der Waals surface area contributed by atoms with Crippen LogP contribution in [0.3, 0.4) is 0 Å². The van der Waals surface area contributed by atoms with Crippen LogP contribution < -0.4 is 4.74 Å². The van der Waals surface area contributed by atoms with Gasteiger partial charge in [0, 0.05) is 5.56 Å². The lowest BCUT2D eigenvalue weighted by Crippen LogP contribution is -2.23. The molecule has 0 aliphatic heterocycles. The van der Waals surface area contributed by atoms with Crippen LogP contribution in [0.5, 0.6) is 5.75 Å². The zero-order valence-electron chi connectivity index (χ0n) is 10.8. The molecule has 0 bridgehead atoms. The summed E-state index contributed by atoms with van der Waals surface area (Å²) in [6.07, 6.45) is 2.84. The Kier molecular flexibility index (Phi) is 6.36. The number of aldehydes is 1. The van der Waals surface area contributed by atoms with Crippen molar-refractivity contribution in [1.29, 1.82) is 0 Å². The zero-order chi connectivity index (χ0) is 13.4. The summed E-state index contributed by atoms with van der Waals surface area (Å²) < 4.78 is 10.9. The van der Waals surface area contributed by atoms with E-state index in [1.165, 1.54) is 0 Å². The Morgan fingerprint density at radius 2 is 1.94 bits per heavy atom. The first-order valence-corrected chi connectivity index (χ1v) is 6.87. The number of benzene rings is 1. The molecule has 0 aliphatic rings. The van der Waals surface area contributed by atoms with Crippen molar-refractivity contribution in [2.45, 2.75) is 31.2 Å². The highest BCUT2D eigenvalue weighted by Crippen LogP contribution is 2.24. The van der Waals surface area contributed by atoms with E-state index in [4.69, 9.17) is 9.47 Å². The lowest BCUT2D eigenvalue weighted by Gasteiger charge is -2.22. The molecule has 1 atom stereocenters. The summed E-state index contributed by atoms with van der Waals surface area (Å²) >= 11 is 3.53. The van der Waals surface area contributed by atoms with Gasteiger partial charge in [0.05, 0.1) is 6.61 Å². The first-order valence-electron chi connectivity index (χ1n) is 6.08. The van der Waals surface area contributed by atoms with Gasteiger partial charge in [-0.2, -0.15) is 0 Å². The van der Waals surface area contributed by atoms with Crippen LogP contribution in [0.4, 0.5) is 0 Å². The summed E-state index contributed by atoms with van der Waals surface area (Å²) in [5.74, 6) is 0.746. The van der Waals surface area contributed by atoms with Crippen LogP contribution in [-0.2, 0) is 4.74 Å². The molecule has 100 valence electrons. The number of halogens is 1. The highest BCUT2D eigenvalue weighted by atomic mass is 79.9. The first kappa shape index (κ1) is 15.2. The number of rotatable bonds is 8. The van der Waals surface area contributed by atoms with Crippen LogP contribution in [0.25, 0.3) is 0 Å². The number of ether oxygens (including phenoxy) is 2. The molecule has 18 heavy (non-hydrogen) atoms. The third-order valence-corrected chi connectivity index (χ3v) is 3.09. The van der Waals surface area contributed by atoms with Gasteiger partial charge >= 0.3 is 0 Å². The second kappa shape index (κ2) is 7.54. The Labute approximate surface area is 117 Å². The normalized spacial score (nSPS) is 13.9. The summed E-state index contributed by atoms with van der Waals surface area (Å²) in [6, 6.07) is 7.02. The molecule has 0 aliphatic carbocycles. The first-order chi connectivity index (χ1) is 8.57. The molecule has 1 aromatic rings. The van der Waals surface area contributed by atoms with Crippen molar-refractivity contribution in [3.63, 3.8) is 0 Å². The predicted octanol–water partition coefficient (Wildman–Crippen LogP) is 3.81. The van der Waals surface area contributed by atoms with E-state index in [9.17, 15) is 4.79 Å². The Morgan fingerprint density at radius 1 is 1.28 bits per heavy atom. The summed E-state index contributed by atoms with van der Waals surface area (Å²) in [5, 5.41) is 0.